The van der Waals surface area contributed by atoms with Gasteiger partial charge in [-0.15, -0.1) is 0 Å². The lowest BCUT2D eigenvalue weighted by atomic mass is 10.1. The van der Waals surface area contributed by atoms with E-state index < -0.39 is 15.6 Å². The molecule has 0 radical (unpaired) electrons. The van der Waals surface area contributed by atoms with Crippen LogP contribution < -0.4 is 11.3 Å². The number of rotatable bonds is 6. The molecule has 0 amide bonds. The molecule has 0 saturated heterocycles. The SMILES string of the molecule is CCN(CC(C)(C)O)S(=O)(=O)c1ncccc1NN. The van der Waals surface area contributed by atoms with Crippen molar-refractivity contribution in [2.45, 2.75) is 31.4 Å². The molecule has 0 aliphatic heterocycles. The number of nitrogens with two attached hydrogens (primary N) is 1. The topological polar surface area (TPSA) is 109 Å². The van der Waals surface area contributed by atoms with Gasteiger partial charge in [-0.3, -0.25) is 5.84 Å². The summed E-state index contributed by atoms with van der Waals surface area (Å²) in [4.78, 5) is 3.87. The van der Waals surface area contributed by atoms with Crippen molar-refractivity contribution in [3.63, 3.8) is 0 Å². The first kappa shape index (κ1) is 15.8. The molecule has 0 atom stereocenters. The van der Waals surface area contributed by atoms with Crippen molar-refractivity contribution in [1.29, 1.82) is 0 Å². The molecule has 4 N–H and O–H groups in total. The Hall–Kier alpha value is -1.22. The fraction of sp³-hybridized carbons (Fsp3) is 0.545. The molecule has 0 spiro atoms. The van der Waals surface area contributed by atoms with E-state index in [2.05, 4.69) is 10.4 Å². The Morgan fingerprint density at radius 1 is 1.53 bits per heavy atom. The van der Waals surface area contributed by atoms with Crippen molar-refractivity contribution in [3.8, 4) is 0 Å². The van der Waals surface area contributed by atoms with Gasteiger partial charge in [-0.05, 0) is 26.0 Å². The maximum Gasteiger partial charge on any atom is 0.262 e. The van der Waals surface area contributed by atoms with Crippen molar-refractivity contribution in [2.24, 2.45) is 5.84 Å². The van der Waals surface area contributed by atoms with E-state index in [4.69, 9.17) is 5.84 Å². The Kier molecular flexibility index (Phi) is 4.86. The van der Waals surface area contributed by atoms with Crippen LogP contribution in [0.15, 0.2) is 23.4 Å². The molecule has 1 aromatic rings. The lowest BCUT2D eigenvalue weighted by molar-refractivity contribution is 0.0601. The monoisotopic (exact) mass is 288 g/mol. The van der Waals surface area contributed by atoms with Gasteiger partial charge in [0.2, 0.25) is 0 Å². The minimum absolute atomic E-state index is 0.0214. The number of likely N-dealkylation sites (N-methyl/N-ethyl adjacent to an activating group) is 1. The summed E-state index contributed by atoms with van der Waals surface area (Å²) in [6.07, 6.45) is 1.38. The van der Waals surface area contributed by atoms with Gasteiger partial charge in [0.25, 0.3) is 10.0 Å². The Labute approximate surface area is 113 Å². The summed E-state index contributed by atoms with van der Waals surface area (Å²) < 4.78 is 26.1. The van der Waals surface area contributed by atoms with Gasteiger partial charge in [0.15, 0.2) is 5.03 Å². The van der Waals surface area contributed by atoms with E-state index >= 15 is 0 Å². The lowest BCUT2D eigenvalue weighted by Gasteiger charge is -2.27. The van der Waals surface area contributed by atoms with Gasteiger partial charge in [-0.1, -0.05) is 6.92 Å². The Bertz CT molecular complexity index is 525. The number of anilines is 1. The van der Waals surface area contributed by atoms with Crippen LogP contribution in [0.25, 0.3) is 0 Å². The van der Waals surface area contributed by atoms with Gasteiger partial charge in [0.1, 0.15) is 0 Å². The molecule has 0 fully saturated rings. The van der Waals surface area contributed by atoms with Gasteiger partial charge >= 0.3 is 0 Å². The zero-order valence-electron chi connectivity index (χ0n) is 11.3. The highest BCUT2D eigenvalue weighted by atomic mass is 32.2. The fourth-order valence-electron chi connectivity index (χ4n) is 1.63. The molecular formula is C11H20N4O3S. The lowest BCUT2D eigenvalue weighted by Crippen LogP contribution is -2.42. The van der Waals surface area contributed by atoms with Crippen LogP contribution in [0.3, 0.4) is 0 Å². The van der Waals surface area contributed by atoms with E-state index in [1.807, 2.05) is 0 Å². The maximum absolute atomic E-state index is 12.5. The maximum atomic E-state index is 12.5. The first-order chi connectivity index (χ1) is 8.72. The van der Waals surface area contributed by atoms with Crippen LogP contribution in [0.4, 0.5) is 5.69 Å². The third kappa shape index (κ3) is 3.87. The smallest absolute Gasteiger partial charge is 0.262 e. The largest absolute Gasteiger partial charge is 0.389 e. The first-order valence-corrected chi connectivity index (χ1v) is 7.30. The van der Waals surface area contributed by atoms with Gasteiger partial charge in [0.05, 0.1) is 11.3 Å². The molecule has 0 unspecified atom stereocenters. The number of nitrogen functional groups attached to an aromatic ring is 1. The molecule has 1 aromatic heterocycles. The van der Waals surface area contributed by atoms with Crippen LogP contribution in [-0.2, 0) is 10.0 Å². The van der Waals surface area contributed by atoms with E-state index in [0.29, 0.717) is 0 Å². The molecule has 0 saturated carbocycles. The molecule has 7 nitrogen and oxygen atoms in total. The third-order valence-electron chi connectivity index (χ3n) is 2.43. The molecule has 1 rings (SSSR count). The summed E-state index contributed by atoms with van der Waals surface area (Å²) in [7, 11) is -3.81. The number of hydrogen-bond donors (Lipinski definition) is 3. The molecule has 1 heterocycles. The minimum atomic E-state index is -3.81. The third-order valence-corrected chi connectivity index (χ3v) is 4.31. The zero-order chi connectivity index (χ0) is 14.7. The summed E-state index contributed by atoms with van der Waals surface area (Å²) in [6, 6.07) is 3.11. The number of sulfonamides is 1. The molecule has 0 bridgehead atoms. The zero-order valence-corrected chi connectivity index (χ0v) is 12.1. The number of hydrazine groups is 1. The van der Waals surface area contributed by atoms with E-state index in [-0.39, 0.29) is 23.8 Å². The second kappa shape index (κ2) is 5.83. The van der Waals surface area contributed by atoms with Gasteiger partial charge in [0, 0.05) is 19.3 Å². The second-order valence-corrected chi connectivity index (χ2v) is 6.60. The van der Waals surface area contributed by atoms with Crippen molar-refractivity contribution in [3.05, 3.63) is 18.3 Å². The summed E-state index contributed by atoms with van der Waals surface area (Å²) in [6.45, 7) is 5.00. The number of hydrogen-bond acceptors (Lipinski definition) is 6. The molecular weight excluding hydrogens is 268 g/mol. The van der Waals surface area contributed by atoms with Crippen LogP contribution in [0.5, 0.6) is 0 Å². The van der Waals surface area contributed by atoms with Crippen LogP contribution >= 0.6 is 0 Å². The van der Waals surface area contributed by atoms with E-state index in [1.54, 1.807) is 26.8 Å². The van der Waals surface area contributed by atoms with Crippen molar-refractivity contribution in [1.82, 2.24) is 9.29 Å². The summed E-state index contributed by atoms with van der Waals surface area (Å²) in [5, 5.41) is 9.64. The molecule has 19 heavy (non-hydrogen) atoms. The fourth-order valence-corrected chi connectivity index (χ4v) is 3.30. The summed E-state index contributed by atoms with van der Waals surface area (Å²) in [5.41, 5.74) is 1.40. The van der Waals surface area contributed by atoms with Crippen LogP contribution in [0.2, 0.25) is 0 Å². The van der Waals surface area contributed by atoms with Gasteiger partial charge in [-0.2, -0.15) is 4.31 Å². The summed E-state index contributed by atoms with van der Waals surface area (Å²) >= 11 is 0. The van der Waals surface area contributed by atoms with Crippen LogP contribution in [0, 0.1) is 0 Å². The normalized spacial score (nSPS) is 12.7. The van der Waals surface area contributed by atoms with Crippen molar-refractivity contribution < 1.29 is 13.5 Å². The second-order valence-electron chi connectivity index (χ2n) is 4.74. The van der Waals surface area contributed by atoms with E-state index in [9.17, 15) is 13.5 Å². The average molecular weight is 288 g/mol. The Morgan fingerprint density at radius 2 is 2.16 bits per heavy atom. The van der Waals surface area contributed by atoms with Crippen molar-refractivity contribution in [2.75, 3.05) is 18.5 Å². The highest BCUT2D eigenvalue weighted by Crippen LogP contribution is 2.22. The predicted molar refractivity (Wildman–Crippen MR) is 72.8 cm³/mol. The van der Waals surface area contributed by atoms with Crippen LogP contribution in [-0.4, -0.2) is 41.5 Å². The van der Waals surface area contributed by atoms with Gasteiger partial charge in [-0.25, -0.2) is 13.4 Å². The number of pyridine rings is 1. The van der Waals surface area contributed by atoms with Gasteiger partial charge < -0.3 is 10.5 Å². The quantitative estimate of drug-likeness (QED) is 0.508. The van der Waals surface area contributed by atoms with E-state index in [0.717, 1.165) is 4.31 Å². The summed E-state index contributed by atoms with van der Waals surface area (Å²) in [5.74, 6) is 5.29. The Morgan fingerprint density at radius 3 is 2.63 bits per heavy atom. The number of nitrogens with zero attached hydrogens (tertiary/aromatic N) is 2. The van der Waals surface area contributed by atoms with Crippen molar-refractivity contribution >= 4 is 15.7 Å². The average Bonchev–Trinajstić information content (AvgIpc) is 2.34. The molecule has 0 aliphatic rings. The highest BCUT2D eigenvalue weighted by molar-refractivity contribution is 7.89. The minimum Gasteiger partial charge on any atom is -0.389 e. The first-order valence-electron chi connectivity index (χ1n) is 5.86. The molecule has 8 heteroatoms. The highest BCUT2D eigenvalue weighted by Gasteiger charge is 2.31. The van der Waals surface area contributed by atoms with Crippen LogP contribution in [0.1, 0.15) is 20.8 Å². The number of aromatic nitrogens is 1. The molecule has 108 valence electrons. The molecule has 0 aliphatic carbocycles. The number of nitrogens with one attached hydrogen (secondary N) is 1. The number of aliphatic hydroxyl groups is 1. The Balaban J connectivity index is 3.21. The van der Waals surface area contributed by atoms with E-state index in [1.165, 1.54) is 12.3 Å². The predicted octanol–water partition coefficient (Wildman–Crippen LogP) is 0.149. The standard InChI is InChI=1S/C11H20N4O3S/c1-4-15(8-11(2,3)16)19(17,18)10-9(14-12)6-5-7-13-10/h5-7,14,16H,4,8,12H2,1-3H3. The molecule has 0 aromatic carbocycles.